The van der Waals surface area contributed by atoms with Crippen molar-refractivity contribution in [2.45, 2.75) is 39.0 Å². The summed E-state index contributed by atoms with van der Waals surface area (Å²) in [7, 11) is 0. The molecule has 2 nitrogen and oxygen atoms in total. The molecule has 9 aromatic rings. The third-order valence-electron chi connectivity index (χ3n) is 11.9. The first-order chi connectivity index (χ1) is 26.3. The number of thiophene rings is 1. The third-order valence-corrected chi connectivity index (χ3v) is 13.1. The minimum absolute atomic E-state index is 0.0120. The van der Waals surface area contributed by atoms with Crippen molar-refractivity contribution in [1.82, 2.24) is 4.57 Å². The summed E-state index contributed by atoms with van der Waals surface area (Å²) in [6.07, 6.45) is 0. The van der Waals surface area contributed by atoms with E-state index in [1.165, 1.54) is 98.2 Å². The van der Waals surface area contributed by atoms with Crippen LogP contribution in [-0.4, -0.2) is 11.3 Å². The second-order valence-electron chi connectivity index (χ2n) is 16.2. The average molecular weight is 711 g/mol. The smallest absolute Gasteiger partial charge is 0.252 e. The van der Waals surface area contributed by atoms with Gasteiger partial charge in [-0.3, -0.25) is 0 Å². The van der Waals surface area contributed by atoms with Crippen LogP contribution in [0.3, 0.4) is 0 Å². The first-order valence-corrected chi connectivity index (χ1v) is 19.9. The molecule has 2 aliphatic heterocycles. The maximum Gasteiger partial charge on any atom is 0.252 e. The Morgan fingerprint density at radius 2 is 1.24 bits per heavy atom. The molecule has 0 atom stereocenters. The summed E-state index contributed by atoms with van der Waals surface area (Å²) < 4.78 is 5.33. The number of fused-ring (bicyclic) bond motifs is 9. The van der Waals surface area contributed by atoms with E-state index in [4.69, 9.17) is 0 Å². The van der Waals surface area contributed by atoms with Crippen LogP contribution in [0.5, 0.6) is 0 Å². The quantitative estimate of drug-likeness (QED) is 0.130. The van der Waals surface area contributed by atoms with E-state index in [1.807, 2.05) is 11.3 Å². The molecule has 0 spiro atoms. The fourth-order valence-corrected chi connectivity index (χ4v) is 10.7. The number of benzene rings is 7. The molecule has 0 unspecified atom stereocenters. The van der Waals surface area contributed by atoms with Crippen LogP contribution in [0.15, 0.2) is 158 Å². The lowest BCUT2D eigenvalue weighted by atomic mass is 9.33. The normalized spacial score (nSPS) is 13.3. The van der Waals surface area contributed by atoms with E-state index in [2.05, 4.69) is 195 Å². The van der Waals surface area contributed by atoms with Crippen molar-refractivity contribution in [2.75, 3.05) is 4.90 Å². The highest BCUT2D eigenvalue weighted by molar-refractivity contribution is 7.26. The molecule has 2 aliphatic rings. The maximum atomic E-state index is 2.62. The summed E-state index contributed by atoms with van der Waals surface area (Å²) in [6, 6.07) is 59.5. The summed E-state index contributed by atoms with van der Waals surface area (Å²) in [5.74, 6) is 0.0991. The first kappa shape index (κ1) is 31.7. The average Bonchev–Trinajstić information content (AvgIpc) is 3.73. The van der Waals surface area contributed by atoms with Gasteiger partial charge in [0.1, 0.15) is 0 Å². The number of aryl methyl sites for hydroxylation is 1. The van der Waals surface area contributed by atoms with Gasteiger partial charge in [-0.05, 0) is 92.9 Å². The fourth-order valence-electron chi connectivity index (χ4n) is 9.49. The van der Waals surface area contributed by atoms with Gasteiger partial charge in [-0.25, -0.2) is 0 Å². The van der Waals surface area contributed by atoms with Gasteiger partial charge in [0, 0.05) is 44.1 Å². The van der Waals surface area contributed by atoms with Gasteiger partial charge in [-0.2, -0.15) is 0 Å². The van der Waals surface area contributed by atoms with Crippen molar-refractivity contribution in [3.63, 3.8) is 0 Å². The standard InChI is InChI=1S/C50H39BN2S/c1-31-27-42-46-43(28-31)53-47-38(49-48(53)37-21-11-12-24-44(37)54-49)22-14-23-40(47)51(46)39-26-25-34(45(32-15-7-5-8-16-32)33-17-9-6-10-18-33)29-41(39)52(42)36-20-13-19-35(30-36)50(2,3)4/h5-30,45H,1-4H3. The highest BCUT2D eigenvalue weighted by atomic mass is 32.1. The first-order valence-electron chi connectivity index (χ1n) is 19.1. The van der Waals surface area contributed by atoms with Gasteiger partial charge in [-0.15, -0.1) is 11.3 Å². The van der Waals surface area contributed by atoms with Crippen LogP contribution in [-0.2, 0) is 5.41 Å². The molecule has 0 saturated heterocycles. The molecule has 11 rings (SSSR count). The largest absolute Gasteiger partial charge is 0.311 e. The molecule has 0 N–H and O–H groups in total. The zero-order chi connectivity index (χ0) is 36.3. The number of hydrogen-bond acceptors (Lipinski definition) is 2. The molecular formula is C50H39BN2S. The summed E-state index contributed by atoms with van der Waals surface area (Å²) in [4.78, 5) is 2.58. The fraction of sp³-hybridized carbons (Fsp3) is 0.120. The second kappa shape index (κ2) is 11.6. The molecule has 0 fully saturated rings. The lowest BCUT2D eigenvalue weighted by Gasteiger charge is -2.41. The molecule has 4 heterocycles. The van der Waals surface area contributed by atoms with Crippen LogP contribution < -0.4 is 21.3 Å². The van der Waals surface area contributed by atoms with Gasteiger partial charge >= 0.3 is 0 Å². The summed E-state index contributed by atoms with van der Waals surface area (Å²) in [5, 5.41) is 2.68. The van der Waals surface area contributed by atoms with Gasteiger partial charge in [0.25, 0.3) is 6.71 Å². The number of rotatable bonds is 4. The molecule has 4 heteroatoms. The van der Waals surface area contributed by atoms with Crippen molar-refractivity contribution in [1.29, 1.82) is 0 Å². The lowest BCUT2D eigenvalue weighted by molar-refractivity contribution is 0.590. The topological polar surface area (TPSA) is 8.17 Å². The molecule has 0 aliphatic carbocycles. The Hall–Kier alpha value is -5.84. The van der Waals surface area contributed by atoms with Crippen LogP contribution >= 0.6 is 11.3 Å². The van der Waals surface area contributed by atoms with E-state index >= 15 is 0 Å². The van der Waals surface area contributed by atoms with Gasteiger partial charge in [0.2, 0.25) is 0 Å². The highest BCUT2D eigenvalue weighted by Gasteiger charge is 2.43. The maximum absolute atomic E-state index is 2.62. The third kappa shape index (κ3) is 4.53. The van der Waals surface area contributed by atoms with Crippen molar-refractivity contribution < 1.29 is 0 Å². The van der Waals surface area contributed by atoms with Crippen LogP contribution in [0.1, 0.15) is 54.5 Å². The number of aromatic nitrogens is 1. The Balaban J connectivity index is 1.25. The number of hydrogen-bond donors (Lipinski definition) is 0. The van der Waals surface area contributed by atoms with E-state index in [0.29, 0.717) is 0 Å². The van der Waals surface area contributed by atoms with Gasteiger partial charge < -0.3 is 9.47 Å². The number of nitrogens with zero attached hydrogens (tertiary/aromatic N) is 2. The molecule has 0 radical (unpaired) electrons. The monoisotopic (exact) mass is 710 g/mol. The summed E-state index contributed by atoms with van der Waals surface area (Å²) in [5.41, 5.74) is 18.3. The van der Waals surface area contributed by atoms with E-state index in [0.717, 1.165) is 0 Å². The SMILES string of the molecule is Cc1cc2c3c(c1)-n1c4c(cccc4c4sc5ccccc5c41)B3c1ccc(C(c3ccccc3)c3ccccc3)cc1N2c1cccc(C(C)(C)C)c1. The van der Waals surface area contributed by atoms with Crippen molar-refractivity contribution in [3.05, 3.63) is 186 Å². The molecule has 258 valence electrons. The minimum Gasteiger partial charge on any atom is -0.311 e. The molecule has 2 aromatic heterocycles. The number of anilines is 3. The molecular weight excluding hydrogens is 671 g/mol. The minimum atomic E-state index is 0.0120. The molecule has 54 heavy (non-hydrogen) atoms. The van der Waals surface area contributed by atoms with Crippen LogP contribution in [0.25, 0.3) is 36.9 Å². The Morgan fingerprint density at radius 1 is 0.556 bits per heavy atom. The molecule has 0 bridgehead atoms. The predicted octanol–water partition coefficient (Wildman–Crippen LogP) is 11.4. The van der Waals surface area contributed by atoms with Gasteiger partial charge in [0.05, 0.1) is 15.7 Å². The zero-order valence-electron chi connectivity index (χ0n) is 31.0. The van der Waals surface area contributed by atoms with E-state index < -0.39 is 0 Å². The summed E-state index contributed by atoms with van der Waals surface area (Å²) >= 11 is 1.93. The van der Waals surface area contributed by atoms with Crippen LogP contribution in [0.2, 0.25) is 0 Å². The van der Waals surface area contributed by atoms with Crippen LogP contribution in [0, 0.1) is 6.92 Å². The van der Waals surface area contributed by atoms with Gasteiger partial charge in [0.15, 0.2) is 0 Å². The number of para-hydroxylation sites is 1. The molecule has 0 amide bonds. The van der Waals surface area contributed by atoms with Crippen molar-refractivity contribution >= 4 is 82.7 Å². The Kier molecular flexibility index (Phi) is 6.79. The molecule has 7 aromatic carbocycles. The molecule has 0 saturated carbocycles. The van der Waals surface area contributed by atoms with Crippen molar-refractivity contribution in [3.8, 4) is 5.69 Å². The lowest BCUT2D eigenvalue weighted by Crippen LogP contribution is -2.60. The summed E-state index contributed by atoms with van der Waals surface area (Å²) in [6.45, 7) is 9.31. The Morgan fingerprint density at radius 3 is 2.00 bits per heavy atom. The zero-order valence-corrected chi connectivity index (χ0v) is 31.8. The van der Waals surface area contributed by atoms with E-state index in [1.54, 1.807) is 0 Å². The Labute approximate surface area is 321 Å². The predicted molar refractivity (Wildman–Crippen MR) is 233 cm³/mol. The Bertz CT molecular complexity index is 2910. The van der Waals surface area contributed by atoms with E-state index in [-0.39, 0.29) is 18.0 Å². The van der Waals surface area contributed by atoms with Crippen LogP contribution in [0.4, 0.5) is 17.1 Å². The van der Waals surface area contributed by atoms with E-state index in [9.17, 15) is 0 Å². The highest BCUT2D eigenvalue weighted by Crippen LogP contribution is 2.47. The second-order valence-corrected chi connectivity index (χ2v) is 17.3. The van der Waals surface area contributed by atoms with Crippen molar-refractivity contribution in [2.24, 2.45) is 0 Å². The van der Waals surface area contributed by atoms with Gasteiger partial charge in [-0.1, -0.05) is 142 Å².